The van der Waals surface area contributed by atoms with Crippen molar-refractivity contribution in [1.82, 2.24) is 0 Å². The van der Waals surface area contributed by atoms with Gasteiger partial charge >= 0.3 is 0 Å². The minimum absolute atomic E-state index is 0.308. The van der Waals surface area contributed by atoms with Gasteiger partial charge in [0, 0.05) is 11.8 Å². The normalized spacial score (nSPS) is 18.3. The van der Waals surface area contributed by atoms with Crippen LogP contribution in [0.15, 0.2) is 0 Å². The Balaban J connectivity index is 5.22. The zero-order valence-corrected chi connectivity index (χ0v) is 9.57. The summed E-state index contributed by atoms with van der Waals surface area (Å²) < 4.78 is 33.2. The lowest BCUT2D eigenvalue weighted by molar-refractivity contribution is -0.470. The molecule has 0 bridgehead atoms. The number of rotatable bonds is 3. The van der Waals surface area contributed by atoms with Crippen LogP contribution < -0.4 is 5.73 Å². The van der Waals surface area contributed by atoms with E-state index in [9.17, 15) is 13.0 Å². The third-order valence-electron chi connectivity index (χ3n) is 2.50. The van der Waals surface area contributed by atoms with Crippen molar-refractivity contribution in [1.29, 1.82) is 0 Å². The van der Waals surface area contributed by atoms with Gasteiger partial charge in [0.2, 0.25) is 0 Å². The third-order valence-corrected chi connectivity index (χ3v) is 4.27. The van der Waals surface area contributed by atoms with Crippen molar-refractivity contribution in [2.45, 2.75) is 45.4 Å². The van der Waals surface area contributed by atoms with E-state index in [2.05, 4.69) is 5.73 Å². The van der Waals surface area contributed by atoms with Crippen molar-refractivity contribution in [2.75, 3.05) is 0 Å². The van der Waals surface area contributed by atoms with Gasteiger partial charge in [-0.2, -0.15) is 0 Å². The molecule has 0 spiro atoms. The summed E-state index contributed by atoms with van der Waals surface area (Å²) in [4.78, 5) is -1.41. The highest BCUT2D eigenvalue weighted by Gasteiger charge is 2.47. The minimum atomic E-state index is -4.35. The molecule has 0 aliphatic rings. The molecule has 13 heavy (non-hydrogen) atoms. The maximum Gasteiger partial charge on any atom is 0.189 e. The Bertz CT molecular complexity index is 266. The molecule has 0 radical (unpaired) electrons. The summed E-state index contributed by atoms with van der Waals surface area (Å²) in [7, 11) is -4.35. The first-order valence-corrected chi connectivity index (χ1v) is 5.78. The van der Waals surface area contributed by atoms with Gasteiger partial charge in [-0.25, -0.2) is 8.42 Å². The Morgan fingerprint density at radius 1 is 1.31 bits per heavy atom. The number of hydrogen-bond donors (Lipinski definition) is 1. The summed E-state index contributed by atoms with van der Waals surface area (Å²) in [5.74, 6) is 0. The minimum Gasteiger partial charge on any atom is -0.743 e. The lowest BCUT2D eigenvalue weighted by Gasteiger charge is -2.39. The lowest BCUT2D eigenvalue weighted by atomic mass is 9.84. The summed E-state index contributed by atoms with van der Waals surface area (Å²) in [6.45, 7) is 7.03. The van der Waals surface area contributed by atoms with Gasteiger partial charge in [0.15, 0.2) is 15.0 Å². The van der Waals surface area contributed by atoms with E-state index in [1.165, 1.54) is 0 Å². The van der Waals surface area contributed by atoms with Gasteiger partial charge in [0.1, 0.15) is 0 Å². The average Bonchev–Trinajstić information content (AvgIpc) is 1.82. The smallest absolute Gasteiger partial charge is 0.189 e. The lowest BCUT2D eigenvalue weighted by Crippen LogP contribution is -2.81. The maximum absolute atomic E-state index is 11.1. The predicted molar refractivity (Wildman–Crippen MR) is 49.7 cm³/mol. The Morgan fingerprint density at radius 3 is 1.77 bits per heavy atom. The first-order valence-electron chi connectivity index (χ1n) is 4.37. The molecule has 0 saturated heterocycles. The molecule has 0 aromatic heterocycles. The third kappa shape index (κ3) is 2.42. The monoisotopic (exact) mass is 209 g/mol. The van der Waals surface area contributed by atoms with Crippen LogP contribution in [0.2, 0.25) is 0 Å². The van der Waals surface area contributed by atoms with E-state index < -0.39 is 20.4 Å². The van der Waals surface area contributed by atoms with Crippen molar-refractivity contribution in [3.05, 3.63) is 0 Å². The second-order valence-corrected chi connectivity index (χ2v) is 6.14. The van der Waals surface area contributed by atoms with Crippen molar-refractivity contribution in [2.24, 2.45) is 5.41 Å². The summed E-state index contributed by atoms with van der Waals surface area (Å²) in [5.41, 5.74) is 2.98. The first-order chi connectivity index (χ1) is 5.56. The van der Waals surface area contributed by atoms with Crippen LogP contribution in [0.25, 0.3) is 0 Å². The molecule has 1 unspecified atom stereocenters. The van der Waals surface area contributed by atoms with Crippen LogP contribution in [-0.4, -0.2) is 17.8 Å². The van der Waals surface area contributed by atoms with Crippen LogP contribution in [-0.2, 0) is 10.1 Å². The van der Waals surface area contributed by atoms with Gasteiger partial charge in [-0.05, 0) is 6.42 Å². The van der Waals surface area contributed by atoms with Crippen molar-refractivity contribution in [3.8, 4) is 0 Å². The van der Waals surface area contributed by atoms with E-state index in [0.717, 1.165) is 0 Å². The Hall–Kier alpha value is -0.130. The average molecular weight is 209 g/mol. The van der Waals surface area contributed by atoms with E-state index in [1.807, 2.05) is 6.92 Å². The fourth-order valence-corrected chi connectivity index (χ4v) is 2.48. The quantitative estimate of drug-likeness (QED) is 0.679. The molecule has 0 heterocycles. The molecule has 1 atom stereocenters. The van der Waals surface area contributed by atoms with Crippen LogP contribution in [0.1, 0.15) is 40.5 Å². The Labute approximate surface area is 80.3 Å². The summed E-state index contributed by atoms with van der Waals surface area (Å²) in [6, 6.07) is 0. The molecule has 3 N–H and O–H groups in total. The molecule has 5 heteroatoms. The summed E-state index contributed by atoms with van der Waals surface area (Å²) in [5, 5.41) is 0. The second-order valence-electron chi connectivity index (χ2n) is 4.45. The van der Waals surface area contributed by atoms with Crippen LogP contribution in [0.3, 0.4) is 0 Å². The van der Waals surface area contributed by atoms with Crippen molar-refractivity contribution < 1.29 is 18.7 Å². The first kappa shape index (κ1) is 12.9. The summed E-state index contributed by atoms with van der Waals surface area (Å²) in [6.07, 6.45) is 0.949. The van der Waals surface area contributed by atoms with Crippen molar-refractivity contribution in [3.63, 3.8) is 0 Å². The molecular formula is C8H19NO3S. The molecule has 0 aliphatic heterocycles. The van der Waals surface area contributed by atoms with E-state index in [-0.39, 0.29) is 0 Å². The Kier molecular flexibility index (Phi) is 3.52. The molecule has 0 aromatic carbocycles. The van der Waals surface area contributed by atoms with Gasteiger partial charge in [-0.1, -0.05) is 27.7 Å². The molecule has 0 saturated carbocycles. The molecule has 0 aromatic rings. The molecule has 0 rings (SSSR count). The van der Waals surface area contributed by atoms with Crippen LogP contribution in [0.4, 0.5) is 0 Å². The fraction of sp³-hybridized carbons (Fsp3) is 1.00. The summed E-state index contributed by atoms with van der Waals surface area (Å²) >= 11 is 0. The number of hydrogen-bond acceptors (Lipinski definition) is 3. The second kappa shape index (κ2) is 3.55. The van der Waals surface area contributed by atoms with E-state index in [0.29, 0.717) is 12.8 Å². The fourth-order valence-electron chi connectivity index (χ4n) is 1.28. The van der Waals surface area contributed by atoms with Crippen LogP contribution in [0.5, 0.6) is 0 Å². The molecular weight excluding hydrogens is 190 g/mol. The van der Waals surface area contributed by atoms with E-state index in [4.69, 9.17) is 0 Å². The number of quaternary nitrogens is 1. The van der Waals surface area contributed by atoms with Gasteiger partial charge < -0.3 is 10.3 Å². The highest BCUT2D eigenvalue weighted by molar-refractivity contribution is 7.86. The van der Waals surface area contributed by atoms with Gasteiger partial charge in [0.05, 0.1) is 0 Å². The van der Waals surface area contributed by atoms with Gasteiger partial charge in [0.25, 0.3) is 0 Å². The van der Waals surface area contributed by atoms with Gasteiger partial charge in [-0.3, -0.25) is 0 Å². The van der Waals surface area contributed by atoms with Crippen LogP contribution >= 0.6 is 0 Å². The van der Waals surface area contributed by atoms with Crippen LogP contribution in [0, 0.1) is 5.41 Å². The molecule has 0 amide bonds. The molecule has 80 valence electrons. The highest BCUT2D eigenvalue weighted by atomic mass is 32.2. The van der Waals surface area contributed by atoms with Gasteiger partial charge in [-0.15, -0.1) is 0 Å². The zero-order chi connectivity index (χ0) is 10.9. The SMILES string of the molecule is CCCC([NH3+])(C(C)(C)C)S(=O)(=O)[O-]. The standard InChI is InChI=1S/C8H19NO3S/c1-5-6-8(9,7(2,3)4)13(10,11)12/h5-6,9H2,1-4H3,(H,10,11,12). The maximum atomic E-state index is 11.1. The Morgan fingerprint density at radius 2 is 1.69 bits per heavy atom. The van der Waals surface area contributed by atoms with Crippen molar-refractivity contribution >= 4 is 10.1 Å². The zero-order valence-electron chi connectivity index (χ0n) is 8.75. The molecule has 0 fully saturated rings. The predicted octanol–water partition coefficient (Wildman–Crippen LogP) is 0.316. The molecule has 0 aliphatic carbocycles. The molecule has 4 nitrogen and oxygen atoms in total. The topological polar surface area (TPSA) is 84.8 Å². The van der Waals surface area contributed by atoms with E-state index in [1.54, 1.807) is 20.8 Å². The highest BCUT2D eigenvalue weighted by Crippen LogP contribution is 2.34. The van der Waals surface area contributed by atoms with E-state index >= 15 is 0 Å². The largest absolute Gasteiger partial charge is 0.743 e.